The van der Waals surface area contributed by atoms with Crippen LogP contribution in [-0.4, -0.2) is 49.7 Å². The van der Waals surface area contributed by atoms with E-state index in [-0.39, 0.29) is 24.4 Å². The molecule has 0 aromatic rings. The van der Waals surface area contributed by atoms with Crippen LogP contribution in [-0.2, 0) is 19.1 Å². The van der Waals surface area contributed by atoms with Gasteiger partial charge in [-0.15, -0.1) is 0 Å². The van der Waals surface area contributed by atoms with E-state index in [4.69, 9.17) is 4.74 Å². The Hall–Kier alpha value is -1.10. The lowest BCUT2D eigenvalue weighted by molar-refractivity contribution is -0.150. The van der Waals surface area contributed by atoms with Gasteiger partial charge in [-0.1, -0.05) is 6.92 Å². The molecule has 0 saturated carbocycles. The standard InChI is InChI=1S/C11H19NO4/c1-3-4-10(13)12-5-6-16-9(8-12)7-11(14)15-2/h9H,3-8H2,1-2H3. The first kappa shape index (κ1) is 13.0. The summed E-state index contributed by atoms with van der Waals surface area (Å²) in [7, 11) is 1.35. The van der Waals surface area contributed by atoms with Gasteiger partial charge in [-0.05, 0) is 6.42 Å². The highest BCUT2D eigenvalue weighted by molar-refractivity contribution is 5.76. The van der Waals surface area contributed by atoms with E-state index < -0.39 is 0 Å². The molecule has 0 spiro atoms. The third-order valence-electron chi connectivity index (χ3n) is 2.58. The number of hydrogen-bond acceptors (Lipinski definition) is 4. The fourth-order valence-corrected chi connectivity index (χ4v) is 1.71. The number of carbonyl (C=O) groups is 2. The zero-order chi connectivity index (χ0) is 12.0. The number of amides is 1. The SMILES string of the molecule is CCCC(=O)N1CCOC(CC(=O)OC)C1. The fraction of sp³-hybridized carbons (Fsp3) is 0.818. The van der Waals surface area contributed by atoms with Crippen molar-refractivity contribution in [1.82, 2.24) is 4.90 Å². The smallest absolute Gasteiger partial charge is 0.308 e. The molecule has 92 valence electrons. The van der Waals surface area contributed by atoms with Crippen LogP contribution in [0.1, 0.15) is 26.2 Å². The minimum Gasteiger partial charge on any atom is -0.469 e. The quantitative estimate of drug-likeness (QED) is 0.662. The summed E-state index contributed by atoms with van der Waals surface area (Å²) >= 11 is 0. The van der Waals surface area contributed by atoms with Gasteiger partial charge in [0.25, 0.3) is 0 Å². The van der Waals surface area contributed by atoms with E-state index in [2.05, 4.69) is 4.74 Å². The van der Waals surface area contributed by atoms with Crippen molar-refractivity contribution in [1.29, 1.82) is 0 Å². The Balaban J connectivity index is 2.40. The van der Waals surface area contributed by atoms with Crippen LogP contribution >= 0.6 is 0 Å². The summed E-state index contributed by atoms with van der Waals surface area (Å²) in [6.07, 6.45) is 1.40. The highest BCUT2D eigenvalue weighted by Crippen LogP contribution is 2.11. The van der Waals surface area contributed by atoms with Gasteiger partial charge in [-0.3, -0.25) is 9.59 Å². The lowest BCUT2D eigenvalue weighted by Gasteiger charge is -2.32. The monoisotopic (exact) mass is 229 g/mol. The average molecular weight is 229 g/mol. The predicted octanol–water partition coefficient (Wildman–Crippen LogP) is 0.577. The molecule has 1 atom stereocenters. The van der Waals surface area contributed by atoms with E-state index >= 15 is 0 Å². The summed E-state index contributed by atoms with van der Waals surface area (Å²) in [5.74, 6) is -0.157. The topological polar surface area (TPSA) is 55.8 Å². The minimum absolute atomic E-state index is 0.140. The van der Waals surface area contributed by atoms with Crippen LogP contribution < -0.4 is 0 Å². The first-order chi connectivity index (χ1) is 7.67. The molecule has 1 aliphatic heterocycles. The normalized spacial score (nSPS) is 20.6. The molecule has 5 heteroatoms. The molecule has 1 heterocycles. The second kappa shape index (κ2) is 6.48. The van der Waals surface area contributed by atoms with Gasteiger partial charge in [-0.2, -0.15) is 0 Å². The minimum atomic E-state index is -0.296. The number of esters is 1. The molecule has 0 N–H and O–H groups in total. The maximum Gasteiger partial charge on any atom is 0.308 e. The summed E-state index contributed by atoms with van der Waals surface area (Å²) in [4.78, 5) is 24.5. The molecule has 0 aromatic heterocycles. The molecule has 0 radical (unpaired) electrons. The van der Waals surface area contributed by atoms with Crippen molar-refractivity contribution in [2.45, 2.75) is 32.3 Å². The Kier molecular flexibility index (Phi) is 5.25. The first-order valence-electron chi connectivity index (χ1n) is 5.63. The molecule has 1 saturated heterocycles. The molecule has 1 aliphatic rings. The molecule has 0 bridgehead atoms. The van der Waals surface area contributed by atoms with Gasteiger partial charge < -0.3 is 14.4 Å². The van der Waals surface area contributed by atoms with Crippen LogP contribution in [0, 0.1) is 0 Å². The molecular weight excluding hydrogens is 210 g/mol. The lowest BCUT2D eigenvalue weighted by atomic mass is 10.2. The number of morpholine rings is 1. The van der Waals surface area contributed by atoms with Crippen LogP contribution in [0.4, 0.5) is 0 Å². The van der Waals surface area contributed by atoms with Crippen molar-refractivity contribution in [3.05, 3.63) is 0 Å². The number of ether oxygens (including phenoxy) is 2. The van der Waals surface area contributed by atoms with Gasteiger partial charge in [0.2, 0.25) is 5.91 Å². The van der Waals surface area contributed by atoms with Gasteiger partial charge in [-0.25, -0.2) is 0 Å². The largest absolute Gasteiger partial charge is 0.469 e. The van der Waals surface area contributed by atoms with Crippen LogP contribution in [0.5, 0.6) is 0 Å². The van der Waals surface area contributed by atoms with E-state index in [1.165, 1.54) is 7.11 Å². The second-order valence-corrected chi connectivity index (χ2v) is 3.86. The van der Waals surface area contributed by atoms with Crippen molar-refractivity contribution < 1.29 is 19.1 Å². The maximum atomic E-state index is 11.7. The summed E-state index contributed by atoms with van der Waals surface area (Å²) < 4.78 is 9.99. The summed E-state index contributed by atoms with van der Waals surface area (Å²) in [6, 6.07) is 0. The van der Waals surface area contributed by atoms with E-state index in [0.29, 0.717) is 26.1 Å². The average Bonchev–Trinajstić information content (AvgIpc) is 2.29. The molecule has 1 amide bonds. The highest BCUT2D eigenvalue weighted by atomic mass is 16.5. The molecule has 0 aromatic carbocycles. The van der Waals surface area contributed by atoms with Crippen LogP contribution in [0.2, 0.25) is 0 Å². The van der Waals surface area contributed by atoms with E-state index in [9.17, 15) is 9.59 Å². The number of rotatable bonds is 4. The van der Waals surface area contributed by atoms with Crippen LogP contribution in [0.25, 0.3) is 0 Å². The van der Waals surface area contributed by atoms with Crippen molar-refractivity contribution >= 4 is 11.9 Å². The Morgan fingerprint density at radius 2 is 2.25 bits per heavy atom. The summed E-state index contributed by atoms with van der Waals surface area (Å²) in [6.45, 7) is 3.59. The highest BCUT2D eigenvalue weighted by Gasteiger charge is 2.25. The van der Waals surface area contributed by atoms with Crippen LogP contribution in [0.3, 0.4) is 0 Å². The van der Waals surface area contributed by atoms with Gasteiger partial charge in [0.15, 0.2) is 0 Å². The van der Waals surface area contributed by atoms with Crippen molar-refractivity contribution in [3.8, 4) is 0 Å². The van der Waals surface area contributed by atoms with Crippen molar-refractivity contribution in [2.24, 2.45) is 0 Å². The van der Waals surface area contributed by atoms with E-state index in [1.807, 2.05) is 6.92 Å². The summed E-state index contributed by atoms with van der Waals surface area (Å²) in [5, 5.41) is 0. The molecular formula is C11H19NO4. The molecule has 1 fully saturated rings. The van der Waals surface area contributed by atoms with Crippen molar-refractivity contribution in [2.75, 3.05) is 26.8 Å². The number of nitrogens with zero attached hydrogens (tertiary/aromatic N) is 1. The lowest BCUT2D eigenvalue weighted by Crippen LogP contribution is -2.46. The third-order valence-corrected chi connectivity index (χ3v) is 2.58. The maximum absolute atomic E-state index is 11.7. The number of hydrogen-bond donors (Lipinski definition) is 0. The molecule has 1 rings (SSSR count). The number of carbonyl (C=O) groups excluding carboxylic acids is 2. The zero-order valence-electron chi connectivity index (χ0n) is 9.90. The predicted molar refractivity (Wildman–Crippen MR) is 57.9 cm³/mol. The zero-order valence-corrected chi connectivity index (χ0v) is 9.90. The third kappa shape index (κ3) is 3.81. The van der Waals surface area contributed by atoms with E-state index in [1.54, 1.807) is 4.90 Å². The van der Waals surface area contributed by atoms with Gasteiger partial charge >= 0.3 is 5.97 Å². The Labute approximate surface area is 95.7 Å². The van der Waals surface area contributed by atoms with E-state index in [0.717, 1.165) is 6.42 Å². The first-order valence-corrected chi connectivity index (χ1v) is 5.63. The molecule has 5 nitrogen and oxygen atoms in total. The van der Waals surface area contributed by atoms with Crippen molar-refractivity contribution in [3.63, 3.8) is 0 Å². The number of methoxy groups -OCH3 is 1. The Morgan fingerprint density at radius 1 is 1.50 bits per heavy atom. The second-order valence-electron chi connectivity index (χ2n) is 3.86. The van der Waals surface area contributed by atoms with Crippen LogP contribution in [0.15, 0.2) is 0 Å². The molecule has 1 unspecified atom stereocenters. The Morgan fingerprint density at radius 3 is 2.88 bits per heavy atom. The Bertz CT molecular complexity index is 254. The van der Waals surface area contributed by atoms with Gasteiger partial charge in [0.1, 0.15) is 0 Å². The van der Waals surface area contributed by atoms with Gasteiger partial charge in [0, 0.05) is 19.5 Å². The molecule has 16 heavy (non-hydrogen) atoms. The molecule has 0 aliphatic carbocycles. The summed E-state index contributed by atoms with van der Waals surface area (Å²) in [5.41, 5.74) is 0. The van der Waals surface area contributed by atoms with Gasteiger partial charge in [0.05, 0.1) is 26.2 Å². The fourth-order valence-electron chi connectivity index (χ4n) is 1.71.